The van der Waals surface area contributed by atoms with Crippen LogP contribution in [-0.4, -0.2) is 47.6 Å². The molecule has 561 valence electrons. The Balaban J connectivity index is 0.000000270. The Hall–Kier alpha value is -7.65. The molecule has 3 radical (unpaired) electrons. The standard InChI is InChI=1S/3C20H16N.3C11H20O2.3Ir/c1-20(2)17-11-7-6-10-15(17)16-13-21-19(12-18(16)20)14-8-4-3-5-9-14;1-20(2)17-11-7-6-10-15(17)16-12-19(21-13-18(16)20)14-8-4-3-5-9-14;1-20(2)17-11-7-6-10-15(17)16-12-13-21-19(18(16)20)14-8-4-3-5-9-14;3*1-8(2)5-10(12)7-11(13)6-9(3)4;;;/h3*3-8,10-13H,1-2H3;3*7-9,12H,5-6H2,1-4H3;;;/q3*-1;;;;;;. The number of aliphatic hydroxyl groups is 3. The summed E-state index contributed by atoms with van der Waals surface area (Å²) in [6, 6.07) is 66.4. The first-order chi connectivity index (χ1) is 48.3. The molecule has 9 nitrogen and oxygen atoms in total. The number of aromatic nitrogens is 3. The summed E-state index contributed by atoms with van der Waals surface area (Å²) in [6.45, 7) is 37.7. The maximum Gasteiger partial charge on any atom is 0.159 e. The van der Waals surface area contributed by atoms with Crippen LogP contribution in [-0.2, 0) is 90.9 Å². The van der Waals surface area contributed by atoms with Gasteiger partial charge in [0.15, 0.2) is 17.3 Å². The van der Waals surface area contributed by atoms with Crippen molar-refractivity contribution in [1.82, 2.24) is 15.0 Å². The number of carbonyl (C=O) groups is 3. The molecule has 3 aromatic heterocycles. The number of hydrogen-bond donors (Lipinski definition) is 3. The van der Waals surface area contributed by atoms with Gasteiger partial charge in [-0.2, -0.15) is 0 Å². The Kier molecular flexibility index (Phi) is 35.4. The first-order valence-corrected chi connectivity index (χ1v) is 36.3. The van der Waals surface area contributed by atoms with Crippen molar-refractivity contribution in [2.75, 3.05) is 0 Å². The van der Waals surface area contributed by atoms with Crippen LogP contribution in [0.4, 0.5) is 0 Å². The van der Waals surface area contributed by atoms with Crippen LogP contribution in [0.5, 0.6) is 0 Å². The van der Waals surface area contributed by atoms with Gasteiger partial charge in [0.25, 0.3) is 0 Å². The number of rotatable bonds is 18. The molecule has 105 heavy (non-hydrogen) atoms. The summed E-state index contributed by atoms with van der Waals surface area (Å²) >= 11 is 0. The normalized spacial score (nSPS) is 13.4. The second-order valence-corrected chi connectivity index (χ2v) is 31.0. The monoisotopic (exact) mass is 1940 g/mol. The van der Waals surface area contributed by atoms with Crippen molar-refractivity contribution in [1.29, 1.82) is 0 Å². The zero-order valence-electron chi connectivity index (χ0n) is 64.7. The molecule has 6 aromatic carbocycles. The summed E-state index contributed by atoms with van der Waals surface area (Å²) in [5.74, 6) is 2.94. The summed E-state index contributed by atoms with van der Waals surface area (Å²) in [5, 5.41) is 28.0. The molecule has 0 fully saturated rings. The van der Waals surface area contributed by atoms with Crippen LogP contribution in [0.3, 0.4) is 0 Å². The third kappa shape index (κ3) is 25.0. The SMILES string of the molecule is CC(C)CC(=O)C=C(O)CC(C)C.CC(C)CC(=O)C=C(O)CC(C)C.CC(C)CC(=O)C=C(O)CC(C)C.CC1(C)c2ccccc2-c2cc(-c3[c-]cccc3)ncc21.CC1(C)c2ccccc2-c2ccnc(-c3[c-]cccc3)c21.CC1(C)c2ccccc2-c2cnc(-c3[c-]cccc3)cc21.[Ir].[Ir].[Ir]. The molecule has 0 amide bonds. The van der Waals surface area contributed by atoms with Crippen molar-refractivity contribution >= 4 is 17.3 Å². The first-order valence-electron chi connectivity index (χ1n) is 36.3. The third-order valence-corrected chi connectivity index (χ3v) is 18.0. The first kappa shape index (κ1) is 89.7. The second-order valence-electron chi connectivity index (χ2n) is 31.0. The molecule has 0 saturated carbocycles. The quantitative estimate of drug-likeness (QED) is 0.0433. The molecule has 0 unspecified atom stereocenters. The molecule has 3 heterocycles. The number of ketones is 3. The van der Waals surface area contributed by atoms with Gasteiger partial charge >= 0.3 is 0 Å². The van der Waals surface area contributed by atoms with E-state index in [4.69, 9.17) is 0 Å². The van der Waals surface area contributed by atoms with E-state index < -0.39 is 0 Å². The average molecular weight is 1940 g/mol. The Morgan fingerprint density at radius 3 is 1.08 bits per heavy atom. The molecule has 0 saturated heterocycles. The van der Waals surface area contributed by atoms with Crippen molar-refractivity contribution in [2.45, 2.75) is 179 Å². The molecular weight excluding hydrogens is 1830 g/mol. The topological polar surface area (TPSA) is 151 Å². The van der Waals surface area contributed by atoms with E-state index in [9.17, 15) is 29.7 Å². The summed E-state index contributed by atoms with van der Waals surface area (Å²) in [7, 11) is 0. The predicted octanol–water partition coefficient (Wildman–Crippen LogP) is 23.8. The summed E-state index contributed by atoms with van der Waals surface area (Å²) in [4.78, 5) is 47.6. The fourth-order valence-corrected chi connectivity index (χ4v) is 13.4. The molecule has 0 bridgehead atoms. The Morgan fingerprint density at radius 2 is 0.686 bits per heavy atom. The van der Waals surface area contributed by atoms with Gasteiger partial charge in [0.2, 0.25) is 0 Å². The van der Waals surface area contributed by atoms with Crippen LogP contribution in [0.1, 0.15) is 197 Å². The third-order valence-electron chi connectivity index (χ3n) is 18.0. The molecule has 0 atom stereocenters. The smallest absolute Gasteiger partial charge is 0.159 e. The molecule has 0 aliphatic heterocycles. The van der Waals surface area contributed by atoms with Crippen LogP contribution in [0.25, 0.3) is 67.2 Å². The second kappa shape index (κ2) is 41.5. The molecule has 3 aliphatic carbocycles. The molecular formula is C93H108Ir3N3O6-3. The van der Waals surface area contributed by atoms with Gasteiger partial charge in [0.1, 0.15) is 0 Å². The number of pyridine rings is 3. The van der Waals surface area contributed by atoms with Crippen LogP contribution in [0, 0.1) is 53.7 Å². The number of hydrogen-bond acceptors (Lipinski definition) is 9. The van der Waals surface area contributed by atoms with E-state index in [1.54, 1.807) is 0 Å². The number of allylic oxidation sites excluding steroid dienone is 6. The molecule has 0 spiro atoms. The number of nitrogens with zero attached hydrogens (tertiary/aromatic N) is 3. The van der Waals surface area contributed by atoms with E-state index in [0.717, 1.165) is 33.8 Å². The van der Waals surface area contributed by atoms with Gasteiger partial charge < -0.3 is 30.3 Å². The summed E-state index contributed by atoms with van der Waals surface area (Å²) < 4.78 is 0. The number of fused-ring (bicyclic) bond motifs is 9. The number of carbonyl (C=O) groups excluding carboxylic acids is 3. The van der Waals surface area contributed by atoms with Gasteiger partial charge in [0.05, 0.1) is 17.3 Å². The maximum absolute atomic E-state index is 11.2. The average Bonchev–Trinajstić information content (AvgIpc) is 1.60. The number of benzene rings is 6. The van der Waals surface area contributed by atoms with E-state index in [-0.39, 0.29) is 111 Å². The van der Waals surface area contributed by atoms with Crippen molar-refractivity contribution in [3.05, 3.63) is 269 Å². The largest absolute Gasteiger partial charge is 0.512 e. The van der Waals surface area contributed by atoms with E-state index in [0.29, 0.717) is 74.0 Å². The molecule has 3 aliphatic rings. The van der Waals surface area contributed by atoms with Gasteiger partial charge in [-0.1, -0.05) is 210 Å². The molecule has 3 N–H and O–H groups in total. The van der Waals surface area contributed by atoms with Gasteiger partial charge in [-0.25, -0.2) is 0 Å². The zero-order valence-corrected chi connectivity index (χ0v) is 71.9. The van der Waals surface area contributed by atoms with E-state index in [2.05, 4.69) is 184 Å². The maximum atomic E-state index is 11.2. The molecule has 12 rings (SSSR count). The summed E-state index contributed by atoms with van der Waals surface area (Å²) in [6.07, 6.45) is 13.3. The van der Waals surface area contributed by atoms with E-state index in [1.165, 1.54) is 85.0 Å². The minimum Gasteiger partial charge on any atom is -0.512 e. The van der Waals surface area contributed by atoms with E-state index in [1.807, 2.05) is 156 Å². The fourth-order valence-electron chi connectivity index (χ4n) is 13.4. The van der Waals surface area contributed by atoms with Crippen molar-refractivity contribution in [3.63, 3.8) is 0 Å². The van der Waals surface area contributed by atoms with Gasteiger partial charge in [-0.05, 0) is 120 Å². The predicted molar refractivity (Wildman–Crippen MR) is 422 cm³/mol. The van der Waals surface area contributed by atoms with Crippen LogP contribution >= 0.6 is 0 Å². The summed E-state index contributed by atoms with van der Waals surface area (Å²) in [5.41, 5.74) is 22.2. The van der Waals surface area contributed by atoms with Crippen LogP contribution < -0.4 is 0 Å². The number of aliphatic hydroxyl groups excluding tert-OH is 3. The van der Waals surface area contributed by atoms with Crippen LogP contribution in [0.15, 0.2) is 218 Å². The fraction of sp³-hybridized carbons (Fsp3) is 0.355. The Labute approximate surface area is 668 Å². The van der Waals surface area contributed by atoms with Gasteiger partial charge in [-0.3, -0.25) is 14.4 Å². The van der Waals surface area contributed by atoms with Gasteiger partial charge in [-0.15, -0.1) is 108 Å². The Bertz CT molecular complexity index is 4260. The minimum atomic E-state index is -0.0286. The van der Waals surface area contributed by atoms with Gasteiger partial charge in [0, 0.05) is 157 Å². The van der Waals surface area contributed by atoms with Crippen LogP contribution in [0.2, 0.25) is 0 Å². The van der Waals surface area contributed by atoms with Crippen molar-refractivity contribution in [2.24, 2.45) is 35.5 Å². The van der Waals surface area contributed by atoms with E-state index >= 15 is 0 Å². The van der Waals surface area contributed by atoms with Crippen molar-refractivity contribution in [3.8, 4) is 67.2 Å². The zero-order chi connectivity index (χ0) is 74.6. The van der Waals surface area contributed by atoms with Crippen molar-refractivity contribution < 1.29 is 90.0 Å². The Morgan fingerprint density at radius 1 is 0.352 bits per heavy atom. The molecule has 12 heteroatoms. The minimum absolute atomic E-state index is 0. The molecule has 9 aromatic rings.